The van der Waals surface area contributed by atoms with Crippen molar-refractivity contribution >= 4 is 40.6 Å². The highest BCUT2D eigenvalue weighted by Crippen LogP contribution is 2.43. The van der Waals surface area contributed by atoms with Crippen molar-refractivity contribution in [3.05, 3.63) is 101 Å². The number of alkyl halides is 3. The molecule has 2 aromatic carbocycles. The van der Waals surface area contributed by atoms with Crippen LogP contribution in [0.2, 0.25) is 0 Å². The lowest BCUT2D eigenvalue weighted by atomic mass is 9.80. The van der Waals surface area contributed by atoms with Gasteiger partial charge in [-0.1, -0.05) is 31.0 Å². The predicted molar refractivity (Wildman–Crippen MR) is 199 cm³/mol. The summed E-state index contributed by atoms with van der Waals surface area (Å²) >= 11 is -1.71. The monoisotopic (exact) mass is 785 g/mol. The van der Waals surface area contributed by atoms with Crippen LogP contribution in [-0.4, -0.2) is 47.6 Å². The van der Waals surface area contributed by atoms with Crippen LogP contribution in [0.4, 0.5) is 33.7 Å². The quantitative estimate of drug-likeness (QED) is 0.0838. The van der Waals surface area contributed by atoms with Crippen molar-refractivity contribution < 1.29 is 41.2 Å². The summed E-state index contributed by atoms with van der Waals surface area (Å²) in [5.74, 6) is -2.40. The number of hydrogen-bond acceptors (Lipinski definition) is 8. The maximum atomic E-state index is 15.7. The molecule has 5 N–H and O–H groups in total. The summed E-state index contributed by atoms with van der Waals surface area (Å²) in [5, 5.41) is 8.55. The predicted octanol–water partition coefficient (Wildman–Crippen LogP) is 7.61. The van der Waals surface area contributed by atoms with Gasteiger partial charge in [0.25, 0.3) is 11.8 Å². The topological polar surface area (TPSA) is 176 Å². The first-order valence-corrected chi connectivity index (χ1v) is 18.6. The number of benzene rings is 2. The lowest BCUT2D eigenvalue weighted by Gasteiger charge is -2.38. The molecule has 17 heteroatoms. The van der Waals surface area contributed by atoms with Crippen LogP contribution in [-0.2, 0) is 27.8 Å². The molecule has 1 fully saturated rings. The second kappa shape index (κ2) is 15.6. The first-order valence-electron chi connectivity index (χ1n) is 17.4. The lowest BCUT2D eigenvalue weighted by molar-refractivity contribution is -0.141. The molecule has 0 bridgehead atoms. The van der Waals surface area contributed by atoms with Gasteiger partial charge < -0.3 is 20.3 Å². The number of ether oxygens (including phenoxy) is 1. The Morgan fingerprint density at radius 3 is 2.24 bits per heavy atom. The van der Waals surface area contributed by atoms with Crippen LogP contribution in [0.25, 0.3) is 5.69 Å². The molecule has 0 radical (unpaired) electrons. The van der Waals surface area contributed by atoms with E-state index in [1.165, 1.54) is 48.7 Å². The van der Waals surface area contributed by atoms with Crippen molar-refractivity contribution in [2.24, 2.45) is 11.7 Å². The van der Waals surface area contributed by atoms with Crippen molar-refractivity contribution in [3.8, 4) is 5.69 Å². The van der Waals surface area contributed by atoms with E-state index in [-0.39, 0.29) is 22.8 Å². The van der Waals surface area contributed by atoms with E-state index in [1.54, 1.807) is 47.6 Å². The van der Waals surface area contributed by atoms with Crippen molar-refractivity contribution in [1.29, 1.82) is 0 Å². The Morgan fingerprint density at radius 1 is 0.964 bits per heavy atom. The summed E-state index contributed by atoms with van der Waals surface area (Å²) in [5.41, 5.74) is 1.89. The highest BCUT2D eigenvalue weighted by Gasteiger charge is 2.44. The molecule has 1 aliphatic carbocycles. The van der Waals surface area contributed by atoms with Crippen LogP contribution >= 0.6 is 0 Å². The summed E-state index contributed by atoms with van der Waals surface area (Å²) in [7, 11) is 0. The van der Waals surface area contributed by atoms with Crippen molar-refractivity contribution in [3.63, 3.8) is 0 Å². The maximum Gasteiger partial charge on any atom is 0.435 e. The van der Waals surface area contributed by atoms with Gasteiger partial charge >= 0.3 is 12.3 Å². The number of amides is 3. The van der Waals surface area contributed by atoms with E-state index >= 15 is 4.39 Å². The summed E-state index contributed by atoms with van der Waals surface area (Å²) in [6.45, 7) is 10.3. The van der Waals surface area contributed by atoms with Crippen LogP contribution in [0.15, 0.2) is 66.9 Å². The molecule has 4 aromatic rings. The van der Waals surface area contributed by atoms with Crippen molar-refractivity contribution in [2.45, 2.75) is 89.3 Å². The number of rotatable bonds is 12. The zero-order valence-electron chi connectivity index (χ0n) is 31.1. The molecule has 5 rings (SSSR count). The van der Waals surface area contributed by atoms with Crippen LogP contribution in [0.1, 0.15) is 105 Å². The molecule has 3 amide bonds. The fourth-order valence-corrected chi connectivity index (χ4v) is 6.60. The molecule has 1 aliphatic rings. The van der Waals surface area contributed by atoms with Gasteiger partial charge in [-0.15, -0.1) is 4.72 Å². The number of nitrogens with zero attached hydrogens (tertiary/aromatic N) is 3. The number of anilines is 2. The fourth-order valence-electron chi connectivity index (χ4n) is 5.64. The third-order valence-corrected chi connectivity index (χ3v) is 10.3. The Balaban J connectivity index is 1.57. The number of carbonyl (C=O) groups is 3. The second-order valence-electron chi connectivity index (χ2n) is 15.3. The zero-order valence-corrected chi connectivity index (χ0v) is 32.0. The van der Waals surface area contributed by atoms with E-state index in [4.69, 9.17) is 10.5 Å². The zero-order chi connectivity index (χ0) is 40.5. The standard InChI is InChI=1S/C38H43F4N7O5S/c1-35(2,3)54-34(52)45-25-8-7-9-26(19-25)49-30(20-31(47-49)38(40,41)42)33(51)46-29-18-23(12-14-27(29)39)37(17-16-22-10-11-22,48-55(53)36(4,5)6)24-13-15-28(32(43)50)44-21-24/h7-9,12-15,18-22,48H,10-11,16-17H2,1-6H3,(H2,43,50)(H,45,52)(H,46,51)/t37?,55-/m1/s1. The number of pyridine rings is 1. The van der Waals surface area contributed by atoms with E-state index in [9.17, 15) is 32.1 Å². The minimum Gasteiger partial charge on any atom is -0.598 e. The van der Waals surface area contributed by atoms with Gasteiger partial charge in [-0.3, -0.25) is 19.9 Å². The molecule has 2 atom stereocenters. The molecule has 1 saturated carbocycles. The Bertz CT molecular complexity index is 2060. The first kappa shape index (κ1) is 41.2. The third-order valence-electron chi connectivity index (χ3n) is 8.63. The minimum atomic E-state index is -4.95. The summed E-state index contributed by atoms with van der Waals surface area (Å²) in [6.07, 6.45) is -1.33. The largest absolute Gasteiger partial charge is 0.598 e. The molecular weight excluding hydrogens is 743 g/mol. The van der Waals surface area contributed by atoms with Gasteiger partial charge in [0.05, 0.1) is 11.4 Å². The smallest absolute Gasteiger partial charge is 0.435 e. The Morgan fingerprint density at radius 2 is 1.65 bits per heavy atom. The highest BCUT2D eigenvalue weighted by atomic mass is 32.2. The van der Waals surface area contributed by atoms with Gasteiger partial charge in [0, 0.05) is 29.3 Å². The van der Waals surface area contributed by atoms with E-state index in [1.807, 2.05) is 0 Å². The van der Waals surface area contributed by atoms with Gasteiger partial charge in [-0.05, 0) is 108 Å². The van der Waals surface area contributed by atoms with Gasteiger partial charge in [0.1, 0.15) is 33.1 Å². The number of hydrogen-bond donors (Lipinski definition) is 4. The molecule has 1 unspecified atom stereocenters. The van der Waals surface area contributed by atoms with Crippen LogP contribution in [0.5, 0.6) is 0 Å². The second-order valence-corrected chi connectivity index (χ2v) is 17.3. The molecule has 0 spiro atoms. The average molecular weight is 786 g/mol. The normalized spacial score (nSPS) is 15.2. The lowest BCUT2D eigenvalue weighted by Crippen LogP contribution is -2.52. The minimum absolute atomic E-state index is 0.00941. The molecular formula is C38H43F4N7O5S. The van der Waals surface area contributed by atoms with E-state index in [0.29, 0.717) is 36.0 Å². The average Bonchev–Trinajstić information content (AvgIpc) is 3.80. The number of nitrogens with one attached hydrogen (secondary N) is 3. The van der Waals surface area contributed by atoms with Crippen molar-refractivity contribution in [1.82, 2.24) is 19.5 Å². The SMILES string of the molecule is CC(C)(C)OC(=O)Nc1cccc(-n2nc(C(F)(F)F)cc2C(=O)Nc2cc(C(CCC3CC3)(N[S@+]([O-])C(C)(C)C)c3ccc(C(N)=O)nc3)ccc2F)c1. The molecule has 12 nitrogen and oxygen atoms in total. The number of carbonyl (C=O) groups excluding carboxylic acids is 3. The number of primary amides is 1. The van der Waals surface area contributed by atoms with E-state index < -0.39 is 68.5 Å². The molecule has 294 valence electrons. The molecule has 2 heterocycles. The number of nitrogens with two attached hydrogens (primary N) is 1. The van der Waals surface area contributed by atoms with Gasteiger partial charge in [0.2, 0.25) is 0 Å². The van der Waals surface area contributed by atoms with Crippen molar-refractivity contribution in [2.75, 3.05) is 10.6 Å². The molecule has 0 aliphatic heterocycles. The first-order chi connectivity index (χ1) is 25.6. The molecule has 0 saturated heterocycles. The molecule has 2 aromatic heterocycles. The number of aromatic nitrogens is 3. The number of halogens is 4. The fraction of sp³-hybridized carbons (Fsp3) is 0.395. The Hall–Kier alpha value is -5.00. The van der Waals surface area contributed by atoms with E-state index in [0.717, 1.165) is 23.6 Å². The third kappa shape index (κ3) is 10.2. The Labute approximate surface area is 318 Å². The van der Waals surface area contributed by atoms with Crippen LogP contribution in [0.3, 0.4) is 0 Å². The summed E-state index contributed by atoms with van der Waals surface area (Å²) in [4.78, 5) is 42.3. The summed E-state index contributed by atoms with van der Waals surface area (Å²) in [6, 6.07) is 13.0. The van der Waals surface area contributed by atoms with Gasteiger partial charge in [-0.2, -0.15) is 18.3 Å². The Kier molecular flexibility index (Phi) is 11.7. The van der Waals surface area contributed by atoms with Crippen LogP contribution in [0, 0.1) is 11.7 Å². The maximum absolute atomic E-state index is 15.7. The van der Waals surface area contributed by atoms with Gasteiger partial charge in [0.15, 0.2) is 5.69 Å². The van der Waals surface area contributed by atoms with Gasteiger partial charge in [-0.25, -0.2) is 13.9 Å². The molecule has 55 heavy (non-hydrogen) atoms. The van der Waals surface area contributed by atoms with Crippen LogP contribution < -0.4 is 21.1 Å². The highest BCUT2D eigenvalue weighted by molar-refractivity contribution is 7.90. The summed E-state index contributed by atoms with van der Waals surface area (Å²) < 4.78 is 79.9. The van der Waals surface area contributed by atoms with E-state index in [2.05, 4.69) is 25.4 Å².